The van der Waals surface area contributed by atoms with Gasteiger partial charge in [0.05, 0.1) is 23.8 Å². The van der Waals surface area contributed by atoms with Crippen LogP contribution in [0.25, 0.3) is 5.69 Å². The van der Waals surface area contributed by atoms with Gasteiger partial charge in [0.15, 0.2) is 0 Å². The smallest absolute Gasteiger partial charge is 0.0992 e. The zero-order valence-corrected chi connectivity index (χ0v) is 10.2. The lowest BCUT2D eigenvalue weighted by molar-refractivity contribution is 0.120. The molecule has 94 valence electrons. The van der Waals surface area contributed by atoms with Crippen LogP contribution in [-0.4, -0.2) is 28.8 Å². The summed E-state index contributed by atoms with van der Waals surface area (Å²) in [6.45, 7) is 1.77. The first kappa shape index (κ1) is 11.3. The molecule has 0 amide bonds. The molecule has 1 aliphatic rings. The SMILES string of the molecule is c1ccc(-n2ccnc2)c(NCC2CCCO2)c1. The fraction of sp³-hybridized carbons (Fsp3) is 0.357. The van der Waals surface area contributed by atoms with Crippen LogP contribution in [0.5, 0.6) is 0 Å². The van der Waals surface area contributed by atoms with Crippen molar-refractivity contribution in [3.63, 3.8) is 0 Å². The summed E-state index contributed by atoms with van der Waals surface area (Å²) in [5, 5.41) is 3.47. The van der Waals surface area contributed by atoms with E-state index in [-0.39, 0.29) is 0 Å². The summed E-state index contributed by atoms with van der Waals surface area (Å²) in [4.78, 5) is 4.09. The van der Waals surface area contributed by atoms with E-state index in [4.69, 9.17) is 4.74 Å². The van der Waals surface area contributed by atoms with Gasteiger partial charge in [0.1, 0.15) is 0 Å². The number of rotatable bonds is 4. The summed E-state index contributed by atoms with van der Waals surface area (Å²) in [5.74, 6) is 0. The molecule has 0 saturated carbocycles. The van der Waals surface area contributed by atoms with Crippen molar-refractivity contribution in [3.05, 3.63) is 43.0 Å². The molecule has 3 rings (SSSR count). The normalized spacial score (nSPS) is 19.0. The first-order valence-electron chi connectivity index (χ1n) is 6.36. The largest absolute Gasteiger partial charge is 0.381 e. The Morgan fingerprint density at radius 3 is 3.11 bits per heavy atom. The van der Waals surface area contributed by atoms with Crippen LogP contribution in [0.3, 0.4) is 0 Å². The van der Waals surface area contributed by atoms with Crippen LogP contribution in [0.4, 0.5) is 5.69 Å². The minimum atomic E-state index is 0.348. The minimum Gasteiger partial charge on any atom is -0.381 e. The molecular formula is C14H17N3O. The number of imidazole rings is 1. The number of hydrogen-bond donors (Lipinski definition) is 1. The highest BCUT2D eigenvalue weighted by Crippen LogP contribution is 2.20. The van der Waals surface area contributed by atoms with E-state index < -0.39 is 0 Å². The average molecular weight is 243 g/mol. The van der Waals surface area contributed by atoms with Crippen molar-refractivity contribution in [3.8, 4) is 5.69 Å². The molecule has 18 heavy (non-hydrogen) atoms. The Labute approximate surface area is 107 Å². The maximum absolute atomic E-state index is 5.62. The number of para-hydroxylation sites is 2. The molecule has 4 heteroatoms. The van der Waals surface area contributed by atoms with Gasteiger partial charge in [-0.25, -0.2) is 4.98 Å². The molecule has 1 aromatic heterocycles. The number of aromatic nitrogens is 2. The van der Waals surface area contributed by atoms with Gasteiger partial charge in [0, 0.05) is 25.5 Å². The molecule has 0 bridgehead atoms. The van der Waals surface area contributed by atoms with E-state index in [2.05, 4.69) is 22.4 Å². The first-order valence-corrected chi connectivity index (χ1v) is 6.36. The zero-order valence-electron chi connectivity index (χ0n) is 10.2. The van der Waals surface area contributed by atoms with Gasteiger partial charge in [0.25, 0.3) is 0 Å². The highest BCUT2D eigenvalue weighted by molar-refractivity contribution is 5.60. The molecule has 1 saturated heterocycles. The van der Waals surface area contributed by atoms with Crippen molar-refractivity contribution in [1.29, 1.82) is 0 Å². The van der Waals surface area contributed by atoms with Crippen LogP contribution in [0, 0.1) is 0 Å². The summed E-state index contributed by atoms with van der Waals surface area (Å²) in [7, 11) is 0. The molecule has 2 heterocycles. The maximum Gasteiger partial charge on any atom is 0.0992 e. The molecule has 0 aliphatic carbocycles. The Morgan fingerprint density at radius 2 is 2.33 bits per heavy atom. The quantitative estimate of drug-likeness (QED) is 0.896. The molecule has 1 atom stereocenters. The molecule has 1 aliphatic heterocycles. The third kappa shape index (κ3) is 2.38. The van der Waals surface area contributed by atoms with Crippen LogP contribution in [0.15, 0.2) is 43.0 Å². The third-order valence-electron chi connectivity index (χ3n) is 3.23. The van der Waals surface area contributed by atoms with Crippen molar-refractivity contribution >= 4 is 5.69 Å². The van der Waals surface area contributed by atoms with Gasteiger partial charge < -0.3 is 14.6 Å². The van der Waals surface area contributed by atoms with Gasteiger partial charge in [0.2, 0.25) is 0 Å². The van der Waals surface area contributed by atoms with E-state index in [9.17, 15) is 0 Å². The summed E-state index contributed by atoms with van der Waals surface area (Å²) in [6, 6.07) is 8.24. The molecule has 1 N–H and O–H groups in total. The van der Waals surface area contributed by atoms with Crippen molar-refractivity contribution in [2.45, 2.75) is 18.9 Å². The van der Waals surface area contributed by atoms with Crippen LogP contribution in [-0.2, 0) is 4.74 Å². The van der Waals surface area contributed by atoms with Crippen molar-refractivity contribution in [2.24, 2.45) is 0 Å². The van der Waals surface area contributed by atoms with Crippen LogP contribution in [0.1, 0.15) is 12.8 Å². The van der Waals surface area contributed by atoms with Gasteiger partial charge in [-0.2, -0.15) is 0 Å². The number of nitrogens with one attached hydrogen (secondary N) is 1. The first-order chi connectivity index (χ1) is 8.93. The second-order valence-corrected chi connectivity index (χ2v) is 4.50. The lowest BCUT2D eigenvalue weighted by atomic mass is 10.2. The lowest BCUT2D eigenvalue weighted by Gasteiger charge is -2.15. The summed E-state index contributed by atoms with van der Waals surface area (Å²) < 4.78 is 7.64. The van der Waals surface area contributed by atoms with E-state index in [1.54, 1.807) is 6.20 Å². The van der Waals surface area contributed by atoms with Gasteiger partial charge in [-0.3, -0.25) is 0 Å². The van der Waals surface area contributed by atoms with Gasteiger partial charge in [-0.15, -0.1) is 0 Å². The average Bonchev–Trinajstić information content (AvgIpc) is 3.10. The number of hydrogen-bond acceptors (Lipinski definition) is 3. The summed E-state index contributed by atoms with van der Waals surface area (Å²) in [6.07, 6.45) is 8.23. The molecule has 0 radical (unpaired) electrons. The minimum absolute atomic E-state index is 0.348. The highest BCUT2D eigenvalue weighted by atomic mass is 16.5. The Hall–Kier alpha value is -1.81. The molecule has 2 aromatic rings. The summed E-state index contributed by atoms with van der Waals surface area (Å²) in [5.41, 5.74) is 2.24. The van der Waals surface area contributed by atoms with Crippen molar-refractivity contribution in [2.75, 3.05) is 18.5 Å². The zero-order chi connectivity index (χ0) is 12.2. The van der Waals surface area contributed by atoms with Gasteiger partial charge in [-0.1, -0.05) is 12.1 Å². The van der Waals surface area contributed by atoms with E-state index >= 15 is 0 Å². The third-order valence-corrected chi connectivity index (χ3v) is 3.23. The molecule has 0 spiro atoms. The van der Waals surface area contributed by atoms with Crippen LogP contribution >= 0.6 is 0 Å². The highest BCUT2D eigenvalue weighted by Gasteiger charge is 2.15. The molecule has 1 aromatic carbocycles. The topological polar surface area (TPSA) is 39.1 Å². The Bertz CT molecular complexity index is 490. The predicted octanol–water partition coefficient (Wildman–Crippen LogP) is 2.46. The maximum atomic E-state index is 5.62. The van der Waals surface area contributed by atoms with Crippen LogP contribution in [0.2, 0.25) is 0 Å². The van der Waals surface area contributed by atoms with Crippen LogP contribution < -0.4 is 5.32 Å². The Kier molecular flexibility index (Phi) is 3.28. The van der Waals surface area contributed by atoms with Gasteiger partial charge in [-0.05, 0) is 25.0 Å². The summed E-state index contributed by atoms with van der Waals surface area (Å²) >= 11 is 0. The number of anilines is 1. The lowest BCUT2D eigenvalue weighted by Crippen LogP contribution is -2.19. The Morgan fingerprint density at radius 1 is 1.39 bits per heavy atom. The van der Waals surface area contributed by atoms with E-state index in [0.29, 0.717) is 6.10 Å². The molecule has 1 fully saturated rings. The molecule has 1 unspecified atom stereocenters. The number of benzene rings is 1. The molecular weight excluding hydrogens is 226 g/mol. The van der Waals surface area contributed by atoms with E-state index in [1.165, 1.54) is 6.42 Å². The standard InChI is InChI=1S/C14H17N3O/c1-2-6-14(17-8-7-15-11-17)13(5-1)16-10-12-4-3-9-18-12/h1-2,5-8,11-12,16H,3-4,9-10H2. The molecule has 4 nitrogen and oxygen atoms in total. The number of nitrogens with zero attached hydrogens (tertiary/aromatic N) is 2. The van der Waals surface area contributed by atoms with E-state index in [0.717, 1.165) is 30.9 Å². The second kappa shape index (κ2) is 5.23. The monoisotopic (exact) mass is 243 g/mol. The van der Waals surface area contributed by atoms with Crippen molar-refractivity contribution in [1.82, 2.24) is 9.55 Å². The van der Waals surface area contributed by atoms with Crippen molar-refractivity contribution < 1.29 is 4.74 Å². The predicted molar refractivity (Wildman–Crippen MR) is 71.0 cm³/mol. The van der Waals surface area contributed by atoms with Gasteiger partial charge >= 0.3 is 0 Å². The fourth-order valence-corrected chi connectivity index (χ4v) is 2.28. The fourth-order valence-electron chi connectivity index (χ4n) is 2.28. The van der Waals surface area contributed by atoms with E-state index in [1.807, 2.05) is 29.2 Å². The Balaban J connectivity index is 1.75. The second-order valence-electron chi connectivity index (χ2n) is 4.50. The number of ether oxygens (including phenoxy) is 1.